The number of aryl methyl sites for hydroxylation is 1. The summed E-state index contributed by atoms with van der Waals surface area (Å²) in [5, 5.41) is 6.93. The molecular weight excluding hydrogens is 312 g/mol. The number of fused-ring (bicyclic) bond motifs is 2. The van der Waals surface area contributed by atoms with Crippen molar-refractivity contribution in [1.29, 1.82) is 0 Å². The molecule has 25 heavy (non-hydrogen) atoms. The number of nitrogens with zero attached hydrogens (tertiary/aromatic N) is 2. The van der Waals surface area contributed by atoms with E-state index >= 15 is 0 Å². The van der Waals surface area contributed by atoms with Gasteiger partial charge in [-0.1, -0.05) is 12.1 Å². The van der Waals surface area contributed by atoms with Crippen molar-refractivity contribution >= 4 is 16.7 Å². The Morgan fingerprint density at radius 1 is 1.32 bits per heavy atom. The van der Waals surface area contributed by atoms with Gasteiger partial charge in [-0.25, -0.2) is 4.98 Å². The highest BCUT2D eigenvalue weighted by atomic mass is 16.5. The van der Waals surface area contributed by atoms with Crippen LogP contribution in [0.1, 0.15) is 29.2 Å². The quantitative estimate of drug-likeness (QED) is 0.766. The first-order chi connectivity index (χ1) is 12.2. The second kappa shape index (κ2) is 6.41. The number of benzene rings is 2. The SMILES string of the molecule is CNC1CCNc2cc3c(cc21)ncn3Cc1ccc(OC)c(C)c1. The predicted octanol–water partition coefficient (Wildman–Crippen LogP) is 3.48. The van der Waals surface area contributed by atoms with Gasteiger partial charge in [0.15, 0.2) is 0 Å². The Hall–Kier alpha value is -2.53. The van der Waals surface area contributed by atoms with Crippen molar-refractivity contribution in [3.8, 4) is 5.75 Å². The molecule has 1 aromatic heterocycles. The van der Waals surface area contributed by atoms with Gasteiger partial charge < -0.3 is 19.9 Å². The molecule has 4 rings (SSSR count). The minimum atomic E-state index is 0.398. The van der Waals surface area contributed by atoms with Crippen molar-refractivity contribution in [2.24, 2.45) is 0 Å². The smallest absolute Gasteiger partial charge is 0.121 e. The molecule has 0 fully saturated rings. The van der Waals surface area contributed by atoms with E-state index in [1.54, 1.807) is 7.11 Å². The van der Waals surface area contributed by atoms with E-state index < -0.39 is 0 Å². The number of nitrogens with one attached hydrogen (secondary N) is 2. The summed E-state index contributed by atoms with van der Waals surface area (Å²) < 4.78 is 7.56. The average Bonchev–Trinajstić information content (AvgIpc) is 3.01. The molecule has 2 heterocycles. The van der Waals surface area contributed by atoms with Gasteiger partial charge in [-0.3, -0.25) is 0 Å². The summed E-state index contributed by atoms with van der Waals surface area (Å²) in [5.74, 6) is 0.926. The zero-order valence-corrected chi connectivity index (χ0v) is 15.0. The second-order valence-electron chi connectivity index (χ2n) is 6.66. The largest absolute Gasteiger partial charge is 0.496 e. The highest BCUT2D eigenvalue weighted by Gasteiger charge is 2.20. The van der Waals surface area contributed by atoms with Crippen LogP contribution in [0, 0.1) is 6.92 Å². The number of anilines is 1. The predicted molar refractivity (Wildman–Crippen MR) is 101 cm³/mol. The van der Waals surface area contributed by atoms with E-state index in [4.69, 9.17) is 4.74 Å². The van der Waals surface area contributed by atoms with Gasteiger partial charge in [-0.05, 0) is 55.3 Å². The Kier molecular flexibility index (Phi) is 4.09. The normalized spacial score (nSPS) is 16.5. The molecule has 0 saturated heterocycles. The van der Waals surface area contributed by atoms with E-state index in [1.165, 1.54) is 16.8 Å². The van der Waals surface area contributed by atoms with E-state index in [0.717, 1.165) is 41.9 Å². The number of imidazole rings is 1. The first-order valence-electron chi connectivity index (χ1n) is 8.73. The van der Waals surface area contributed by atoms with E-state index in [1.807, 2.05) is 19.4 Å². The third-order valence-electron chi connectivity index (χ3n) is 5.08. The number of methoxy groups -OCH3 is 1. The fraction of sp³-hybridized carbons (Fsp3) is 0.350. The maximum Gasteiger partial charge on any atom is 0.121 e. The number of rotatable bonds is 4. The first-order valence-corrected chi connectivity index (χ1v) is 8.73. The van der Waals surface area contributed by atoms with Gasteiger partial charge in [-0.15, -0.1) is 0 Å². The monoisotopic (exact) mass is 336 g/mol. The molecule has 1 aliphatic heterocycles. The summed E-state index contributed by atoms with van der Waals surface area (Å²) >= 11 is 0. The fourth-order valence-electron chi connectivity index (χ4n) is 3.73. The van der Waals surface area contributed by atoms with Crippen molar-refractivity contribution in [2.45, 2.75) is 25.9 Å². The average molecular weight is 336 g/mol. The minimum Gasteiger partial charge on any atom is -0.496 e. The Labute approximate surface area is 148 Å². The summed E-state index contributed by atoms with van der Waals surface area (Å²) in [6.45, 7) is 3.87. The summed E-state index contributed by atoms with van der Waals surface area (Å²) in [7, 11) is 3.73. The first kappa shape index (κ1) is 16.0. The van der Waals surface area contributed by atoms with Crippen LogP contribution in [0.4, 0.5) is 5.69 Å². The van der Waals surface area contributed by atoms with Gasteiger partial charge in [0.2, 0.25) is 0 Å². The van der Waals surface area contributed by atoms with Gasteiger partial charge in [0.05, 0.1) is 24.5 Å². The molecule has 1 unspecified atom stereocenters. The molecule has 0 aliphatic carbocycles. The molecule has 0 saturated carbocycles. The Morgan fingerprint density at radius 2 is 2.20 bits per heavy atom. The van der Waals surface area contributed by atoms with Crippen LogP contribution >= 0.6 is 0 Å². The van der Waals surface area contributed by atoms with E-state index in [9.17, 15) is 0 Å². The van der Waals surface area contributed by atoms with Crippen molar-refractivity contribution in [3.05, 3.63) is 53.3 Å². The maximum atomic E-state index is 5.35. The molecule has 0 amide bonds. The van der Waals surface area contributed by atoms with E-state index in [2.05, 4.69) is 51.4 Å². The molecule has 1 aliphatic rings. The summed E-state index contributed by atoms with van der Waals surface area (Å²) in [6.07, 6.45) is 3.03. The summed E-state index contributed by atoms with van der Waals surface area (Å²) in [5.41, 5.74) is 7.14. The zero-order valence-electron chi connectivity index (χ0n) is 15.0. The van der Waals surface area contributed by atoms with Crippen LogP contribution in [-0.4, -0.2) is 30.3 Å². The van der Waals surface area contributed by atoms with Crippen LogP contribution in [0.2, 0.25) is 0 Å². The molecule has 2 aromatic carbocycles. The lowest BCUT2D eigenvalue weighted by Gasteiger charge is -2.26. The van der Waals surface area contributed by atoms with Crippen LogP contribution in [0.25, 0.3) is 11.0 Å². The molecule has 0 radical (unpaired) electrons. The summed E-state index contributed by atoms with van der Waals surface area (Å²) in [4.78, 5) is 4.63. The zero-order chi connectivity index (χ0) is 17.4. The molecule has 5 nitrogen and oxygen atoms in total. The van der Waals surface area contributed by atoms with Crippen LogP contribution < -0.4 is 15.4 Å². The van der Waals surface area contributed by atoms with Crippen LogP contribution in [-0.2, 0) is 6.54 Å². The van der Waals surface area contributed by atoms with Gasteiger partial charge in [0.1, 0.15) is 5.75 Å². The minimum absolute atomic E-state index is 0.398. The van der Waals surface area contributed by atoms with Crippen molar-refractivity contribution in [2.75, 3.05) is 26.0 Å². The Balaban J connectivity index is 1.70. The van der Waals surface area contributed by atoms with Crippen molar-refractivity contribution < 1.29 is 4.74 Å². The molecule has 0 spiro atoms. The lowest BCUT2D eigenvalue weighted by atomic mass is 9.97. The highest BCUT2D eigenvalue weighted by Crippen LogP contribution is 2.33. The van der Waals surface area contributed by atoms with E-state index in [0.29, 0.717) is 6.04 Å². The molecule has 130 valence electrons. The van der Waals surface area contributed by atoms with Crippen molar-refractivity contribution in [3.63, 3.8) is 0 Å². The molecule has 2 N–H and O–H groups in total. The second-order valence-corrected chi connectivity index (χ2v) is 6.66. The topological polar surface area (TPSA) is 51.1 Å². The molecule has 0 bridgehead atoms. The lowest BCUT2D eigenvalue weighted by molar-refractivity contribution is 0.411. The van der Waals surface area contributed by atoms with Gasteiger partial charge >= 0.3 is 0 Å². The highest BCUT2D eigenvalue weighted by molar-refractivity contribution is 5.82. The van der Waals surface area contributed by atoms with Crippen LogP contribution in [0.3, 0.4) is 0 Å². The maximum absolute atomic E-state index is 5.35. The molecule has 1 atom stereocenters. The standard InChI is InChI=1S/C20H24N4O/c1-13-8-14(4-5-20(13)25-3)11-24-12-23-18-9-15-16(21-2)6-7-22-17(15)10-19(18)24/h4-5,8-10,12,16,21-22H,6-7,11H2,1-3H3. The molecular formula is C20H24N4O. The number of ether oxygens (including phenoxy) is 1. The summed E-state index contributed by atoms with van der Waals surface area (Å²) in [6, 6.07) is 11.2. The van der Waals surface area contributed by atoms with E-state index in [-0.39, 0.29) is 0 Å². The Morgan fingerprint density at radius 3 is 2.96 bits per heavy atom. The number of hydrogen-bond donors (Lipinski definition) is 2. The lowest BCUT2D eigenvalue weighted by Crippen LogP contribution is -2.25. The number of aromatic nitrogens is 2. The van der Waals surface area contributed by atoms with Gasteiger partial charge in [0.25, 0.3) is 0 Å². The van der Waals surface area contributed by atoms with Crippen molar-refractivity contribution in [1.82, 2.24) is 14.9 Å². The van der Waals surface area contributed by atoms with Gasteiger partial charge in [0, 0.05) is 24.8 Å². The van der Waals surface area contributed by atoms with Crippen LogP contribution in [0.15, 0.2) is 36.7 Å². The Bertz CT molecular complexity index is 915. The molecule has 3 aromatic rings. The third kappa shape index (κ3) is 2.85. The molecule has 5 heteroatoms. The number of hydrogen-bond acceptors (Lipinski definition) is 4. The van der Waals surface area contributed by atoms with Crippen LogP contribution in [0.5, 0.6) is 5.75 Å². The third-order valence-corrected chi connectivity index (χ3v) is 5.08. The van der Waals surface area contributed by atoms with Gasteiger partial charge in [-0.2, -0.15) is 0 Å². The fourth-order valence-corrected chi connectivity index (χ4v) is 3.73.